The lowest BCUT2D eigenvalue weighted by Gasteiger charge is -2.12. The smallest absolute Gasteiger partial charge is 0.164 e. The molecule has 0 fully saturated rings. The van der Waals surface area contributed by atoms with Gasteiger partial charge in [0.15, 0.2) is 11.5 Å². The summed E-state index contributed by atoms with van der Waals surface area (Å²) in [6, 6.07) is 3.87. The summed E-state index contributed by atoms with van der Waals surface area (Å²) in [4.78, 5) is 0. The van der Waals surface area contributed by atoms with Gasteiger partial charge in [-0.25, -0.2) is 0 Å². The maximum absolute atomic E-state index is 5.51. The van der Waals surface area contributed by atoms with Gasteiger partial charge in [0.25, 0.3) is 0 Å². The fraction of sp³-hybridized carbons (Fsp3) is 0.400. The van der Waals surface area contributed by atoms with Crippen LogP contribution in [0.3, 0.4) is 0 Å². The van der Waals surface area contributed by atoms with Crippen molar-refractivity contribution in [2.24, 2.45) is 5.73 Å². The highest BCUT2D eigenvalue weighted by Gasteiger charge is 2.10. The van der Waals surface area contributed by atoms with E-state index < -0.39 is 0 Å². The summed E-state index contributed by atoms with van der Waals surface area (Å²) in [6.07, 6.45) is 0.777. The van der Waals surface area contributed by atoms with Crippen LogP contribution in [0.1, 0.15) is 5.56 Å². The average Bonchev–Trinajstić information content (AvgIpc) is 2.17. The molecule has 0 aliphatic rings. The van der Waals surface area contributed by atoms with Crippen molar-refractivity contribution in [3.05, 3.63) is 22.2 Å². The predicted octanol–water partition coefficient (Wildman–Crippen LogP) is 1.97. The first kappa shape index (κ1) is 11.3. The van der Waals surface area contributed by atoms with Gasteiger partial charge in [-0.05, 0) is 25.1 Å². The number of methoxy groups -OCH3 is 2. The van der Waals surface area contributed by atoms with Crippen LogP contribution in [-0.4, -0.2) is 20.8 Å². The maximum Gasteiger partial charge on any atom is 0.164 e. The van der Waals surface area contributed by atoms with Crippen molar-refractivity contribution in [2.45, 2.75) is 6.42 Å². The highest BCUT2D eigenvalue weighted by atomic mass is 79.9. The molecule has 78 valence electrons. The molecule has 0 radical (unpaired) electrons. The van der Waals surface area contributed by atoms with Gasteiger partial charge in [0.05, 0.1) is 14.2 Å². The van der Waals surface area contributed by atoms with Crippen LogP contribution in [0.5, 0.6) is 11.5 Å². The highest BCUT2D eigenvalue weighted by Crippen LogP contribution is 2.34. The van der Waals surface area contributed by atoms with Crippen LogP contribution in [-0.2, 0) is 6.42 Å². The van der Waals surface area contributed by atoms with Gasteiger partial charge in [-0.3, -0.25) is 0 Å². The SMILES string of the molecule is COc1cc(Br)cc(CCN)c1OC. The summed E-state index contributed by atoms with van der Waals surface area (Å²) < 4.78 is 11.5. The molecule has 0 saturated carbocycles. The van der Waals surface area contributed by atoms with Crippen molar-refractivity contribution < 1.29 is 9.47 Å². The third-order valence-electron chi connectivity index (χ3n) is 1.93. The third kappa shape index (κ3) is 2.39. The first-order chi connectivity index (χ1) is 6.72. The van der Waals surface area contributed by atoms with E-state index in [0.29, 0.717) is 6.54 Å². The molecule has 1 aromatic rings. The Hall–Kier alpha value is -0.740. The molecule has 1 aromatic carbocycles. The summed E-state index contributed by atoms with van der Waals surface area (Å²) >= 11 is 3.41. The molecule has 2 N–H and O–H groups in total. The molecule has 1 rings (SSSR count). The Labute approximate surface area is 92.3 Å². The van der Waals surface area contributed by atoms with E-state index in [-0.39, 0.29) is 0 Å². The number of hydrogen-bond acceptors (Lipinski definition) is 3. The Balaban J connectivity index is 3.17. The first-order valence-corrected chi connectivity index (χ1v) is 5.12. The zero-order valence-corrected chi connectivity index (χ0v) is 9.93. The van der Waals surface area contributed by atoms with Crippen LogP contribution in [0.25, 0.3) is 0 Å². The lowest BCUT2D eigenvalue weighted by atomic mass is 10.1. The zero-order valence-electron chi connectivity index (χ0n) is 8.34. The number of halogens is 1. The third-order valence-corrected chi connectivity index (χ3v) is 2.39. The van der Waals surface area contributed by atoms with Crippen LogP contribution in [0.2, 0.25) is 0 Å². The number of rotatable bonds is 4. The van der Waals surface area contributed by atoms with E-state index in [1.165, 1.54) is 0 Å². The fourth-order valence-electron chi connectivity index (χ4n) is 1.35. The monoisotopic (exact) mass is 259 g/mol. The molecule has 0 aliphatic carbocycles. The van der Waals surface area contributed by atoms with Gasteiger partial charge < -0.3 is 15.2 Å². The summed E-state index contributed by atoms with van der Waals surface area (Å²) in [7, 11) is 3.25. The molecule has 0 atom stereocenters. The summed E-state index contributed by atoms with van der Waals surface area (Å²) in [6.45, 7) is 0.593. The molecule has 0 spiro atoms. The van der Waals surface area contributed by atoms with Gasteiger partial charge in [0.1, 0.15) is 0 Å². The van der Waals surface area contributed by atoms with E-state index >= 15 is 0 Å². The van der Waals surface area contributed by atoms with Crippen LogP contribution in [0, 0.1) is 0 Å². The molecule has 0 bridgehead atoms. The van der Waals surface area contributed by atoms with E-state index in [1.54, 1.807) is 14.2 Å². The molecular formula is C10H14BrNO2. The molecule has 0 heterocycles. The van der Waals surface area contributed by atoms with Gasteiger partial charge in [0.2, 0.25) is 0 Å². The minimum atomic E-state index is 0.593. The van der Waals surface area contributed by atoms with Crippen molar-refractivity contribution in [3.8, 4) is 11.5 Å². The van der Waals surface area contributed by atoms with Gasteiger partial charge in [-0.2, -0.15) is 0 Å². The van der Waals surface area contributed by atoms with E-state index in [4.69, 9.17) is 15.2 Å². The quantitative estimate of drug-likeness (QED) is 0.900. The number of ether oxygens (including phenoxy) is 2. The predicted molar refractivity (Wildman–Crippen MR) is 60.0 cm³/mol. The average molecular weight is 260 g/mol. The van der Waals surface area contributed by atoms with E-state index in [2.05, 4.69) is 15.9 Å². The molecule has 0 unspecified atom stereocenters. The summed E-state index contributed by atoms with van der Waals surface area (Å²) in [5.74, 6) is 1.49. The Bertz CT molecular complexity index is 315. The Morgan fingerprint density at radius 3 is 2.50 bits per heavy atom. The topological polar surface area (TPSA) is 44.5 Å². The highest BCUT2D eigenvalue weighted by molar-refractivity contribution is 9.10. The van der Waals surface area contributed by atoms with E-state index in [0.717, 1.165) is 28.0 Å². The normalized spacial score (nSPS) is 10.0. The minimum absolute atomic E-state index is 0.593. The lowest BCUT2D eigenvalue weighted by molar-refractivity contribution is 0.351. The van der Waals surface area contributed by atoms with Crippen molar-refractivity contribution in [3.63, 3.8) is 0 Å². The van der Waals surface area contributed by atoms with E-state index in [1.807, 2.05) is 12.1 Å². The van der Waals surface area contributed by atoms with Gasteiger partial charge in [0, 0.05) is 10.0 Å². The minimum Gasteiger partial charge on any atom is -0.493 e. The molecule has 0 aliphatic heterocycles. The Morgan fingerprint density at radius 2 is 2.00 bits per heavy atom. The standard InChI is InChI=1S/C10H14BrNO2/c1-13-9-6-8(11)5-7(3-4-12)10(9)14-2/h5-6H,3-4,12H2,1-2H3. The summed E-state index contributed by atoms with van der Waals surface area (Å²) in [5.41, 5.74) is 6.57. The van der Waals surface area contributed by atoms with Crippen molar-refractivity contribution in [1.82, 2.24) is 0 Å². The zero-order chi connectivity index (χ0) is 10.6. The van der Waals surface area contributed by atoms with Crippen LogP contribution < -0.4 is 15.2 Å². The maximum atomic E-state index is 5.51. The number of hydrogen-bond donors (Lipinski definition) is 1. The van der Waals surface area contributed by atoms with E-state index in [9.17, 15) is 0 Å². The van der Waals surface area contributed by atoms with Crippen LogP contribution >= 0.6 is 15.9 Å². The second-order valence-electron chi connectivity index (χ2n) is 2.84. The van der Waals surface area contributed by atoms with Gasteiger partial charge in [-0.15, -0.1) is 0 Å². The van der Waals surface area contributed by atoms with Crippen LogP contribution in [0.4, 0.5) is 0 Å². The van der Waals surface area contributed by atoms with Crippen LogP contribution in [0.15, 0.2) is 16.6 Å². The molecule has 0 amide bonds. The number of benzene rings is 1. The molecule has 4 heteroatoms. The van der Waals surface area contributed by atoms with Crippen molar-refractivity contribution in [1.29, 1.82) is 0 Å². The fourth-order valence-corrected chi connectivity index (χ4v) is 1.83. The summed E-state index contributed by atoms with van der Waals surface area (Å²) in [5, 5.41) is 0. The van der Waals surface area contributed by atoms with Gasteiger partial charge in [-0.1, -0.05) is 15.9 Å². The van der Waals surface area contributed by atoms with Crippen molar-refractivity contribution >= 4 is 15.9 Å². The largest absolute Gasteiger partial charge is 0.493 e. The molecule has 14 heavy (non-hydrogen) atoms. The Morgan fingerprint density at radius 1 is 1.29 bits per heavy atom. The molecule has 3 nitrogen and oxygen atoms in total. The Kier molecular flexibility index (Phi) is 4.22. The second kappa shape index (κ2) is 5.22. The lowest BCUT2D eigenvalue weighted by Crippen LogP contribution is -2.05. The first-order valence-electron chi connectivity index (χ1n) is 4.33. The number of nitrogens with two attached hydrogens (primary N) is 1. The van der Waals surface area contributed by atoms with Gasteiger partial charge >= 0.3 is 0 Å². The second-order valence-corrected chi connectivity index (χ2v) is 3.75. The molecule has 0 saturated heterocycles. The molecular weight excluding hydrogens is 246 g/mol. The van der Waals surface area contributed by atoms with Crippen molar-refractivity contribution in [2.75, 3.05) is 20.8 Å². The molecule has 0 aromatic heterocycles.